The second kappa shape index (κ2) is 4.44. The second-order valence-electron chi connectivity index (χ2n) is 3.18. The third kappa shape index (κ3) is 2.27. The first-order valence-corrected chi connectivity index (χ1v) is 4.40. The molecule has 1 unspecified atom stereocenters. The third-order valence-electron chi connectivity index (χ3n) is 2.13. The van der Waals surface area contributed by atoms with Crippen molar-refractivity contribution in [2.45, 2.75) is 12.0 Å². The third-order valence-corrected chi connectivity index (χ3v) is 2.13. The number of rotatable bonds is 4. The summed E-state index contributed by atoms with van der Waals surface area (Å²) in [5, 5.41) is 8.34. The van der Waals surface area contributed by atoms with Crippen LogP contribution in [0.4, 0.5) is 8.78 Å². The zero-order valence-corrected chi connectivity index (χ0v) is 8.48. The number of aliphatic carboxylic acids is 1. The number of ether oxygens (including phenoxy) is 1. The van der Waals surface area contributed by atoms with Gasteiger partial charge in [0.25, 0.3) is 0 Å². The van der Waals surface area contributed by atoms with Crippen LogP contribution in [0.1, 0.15) is 11.6 Å². The summed E-state index contributed by atoms with van der Waals surface area (Å²) < 4.78 is 31.0. The number of carboxylic acids is 1. The van der Waals surface area contributed by atoms with Crippen LogP contribution in [0.2, 0.25) is 0 Å². The minimum atomic E-state index is -4.01. The van der Waals surface area contributed by atoms with E-state index < -0.39 is 17.9 Å². The smallest absolute Gasteiger partial charge is 0.376 e. The number of nitrogens with two attached hydrogens (primary N) is 1. The largest absolute Gasteiger partial charge is 0.497 e. The summed E-state index contributed by atoms with van der Waals surface area (Å²) in [4.78, 5) is 10.3. The number of methoxy groups -OCH3 is 1. The molecule has 0 radical (unpaired) electrons. The lowest BCUT2D eigenvalue weighted by molar-refractivity contribution is -0.168. The van der Waals surface area contributed by atoms with Gasteiger partial charge in [-0.05, 0) is 17.7 Å². The van der Waals surface area contributed by atoms with E-state index in [4.69, 9.17) is 15.6 Å². The molecule has 0 spiro atoms. The van der Waals surface area contributed by atoms with Crippen molar-refractivity contribution in [3.05, 3.63) is 29.8 Å². The lowest BCUT2D eigenvalue weighted by atomic mass is 10.0. The predicted molar refractivity (Wildman–Crippen MR) is 52.5 cm³/mol. The standard InChI is InChI=1S/C10H11F2NO3/c1-16-7-4-2-3-6(5-7)8(13)10(11,12)9(14)15/h2-5,8H,13H2,1H3,(H,14,15). The monoisotopic (exact) mass is 231 g/mol. The van der Waals surface area contributed by atoms with Gasteiger partial charge in [0.05, 0.1) is 7.11 Å². The summed E-state index contributed by atoms with van der Waals surface area (Å²) in [5.41, 5.74) is 5.22. The molecule has 0 fully saturated rings. The zero-order valence-electron chi connectivity index (χ0n) is 8.48. The summed E-state index contributed by atoms with van der Waals surface area (Å²) in [6.45, 7) is 0. The Labute approximate surface area is 90.6 Å². The van der Waals surface area contributed by atoms with E-state index >= 15 is 0 Å². The molecule has 0 aliphatic rings. The first-order valence-electron chi connectivity index (χ1n) is 4.40. The van der Waals surface area contributed by atoms with Gasteiger partial charge in [0.1, 0.15) is 11.8 Å². The van der Waals surface area contributed by atoms with Crippen LogP contribution in [0.15, 0.2) is 24.3 Å². The topological polar surface area (TPSA) is 72.5 Å². The van der Waals surface area contributed by atoms with E-state index in [1.165, 1.54) is 25.3 Å². The SMILES string of the molecule is COc1cccc(C(N)C(F)(F)C(=O)O)c1. The van der Waals surface area contributed by atoms with Gasteiger partial charge in [0.15, 0.2) is 0 Å². The fourth-order valence-electron chi connectivity index (χ4n) is 1.18. The van der Waals surface area contributed by atoms with Gasteiger partial charge in [-0.2, -0.15) is 8.78 Å². The highest BCUT2D eigenvalue weighted by atomic mass is 19.3. The molecule has 1 rings (SSSR count). The molecule has 0 bridgehead atoms. The van der Waals surface area contributed by atoms with E-state index in [1.54, 1.807) is 6.07 Å². The Kier molecular flexibility index (Phi) is 3.44. The Morgan fingerprint density at radius 1 is 1.56 bits per heavy atom. The molecule has 88 valence electrons. The van der Waals surface area contributed by atoms with Crippen molar-refractivity contribution in [1.82, 2.24) is 0 Å². The molecule has 0 saturated carbocycles. The van der Waals surface area contributed by atoms with Crippen molar-refractivity contribution in [2.75, 3.05) is 7.11 Å². The van der Waals surface area contributed by atoms with Crippen molar-refractivity contribution < 1.29 is 23.4 Å². The van der Waals surface area contributed by atoms with E-state index in [0.717, 1.165) is 0 Å². The van der Waals surface area contributed by atoms with Gasteiger partial charge in [-0.15, -0.1) is 0 Å². The minimum absolute atomic E-state index is 0.00625. The van der Waals surface area contributed by atoms with Crippen LogP contribution in [-0.4, -0.2) is 24.1 Å². The number of halogens is 2. The van der Waals surface area contributed by atoms with E-state index in [0.29, 0.717) is 5.75 Å². The predicted octanol–water partition coefficient (Wildman–Crippen LogP) is 1.41. The summed E-state index contributed by atoms with van der Waals surface area (Å²) in [5.74, 6) is -5.91. The Hall–Kier alpha value is -1.69. The first kappa shape index (κ1) is 12.4. The molecular weight excluding hydrogens is 220 g/mol. The van der Waals surface area contributed by atoms with Gasteiger partial charge >= 0.3 is 11.9 Å². The second-order valence-corrected chi connectivity index (χ2v) is 3.18. The van der Waals surface area contributed by atoms with E-state index in [1.807, 2.05) is 0 Å². The van der Waals surface area contributed by atoms with E-state index in [2.05, 4.69) is 0 Å². The fourth-order valence-corrected chi connectivity index (χ4v) is 1.18. The summed E-state index contributed by atoms with van der Waals surface area (Å²) in [7, 11) is 1.37. The Bertz CT molecular complexity index is 395. The quantitative estimate of drug-likeness (QED) is 0.821. The zero-order chi connectivity index (χ0) is 12.3. The number of alkyl halides is 2. The highest BCUT2D eigenvalue weighted by molar-refractivity contribution is 5.76. The maximum absolute atomic E-state index is 13.1. The van der Waals surface area contributed by atoms with Crippen LogP contribution in [0.3, 0.4) is 0 Å². The van der Waals surface area contributed by atoms with Crippen LogP contribution in [0.25, 0.3) is 0 Å². The number of hydrogen-bond donors (Lipinski definition) is 2. The molecule has 4 nitrogen and oxygen atoms in total. The number of hydrogen-bond acceptors (Lipinski definition) is 3. The molecule has 1 aromatic rings. The van der Waals surface area contributed by atoms with E-state index in [9.17, 15) is 13.6 Å². The van der Waals surface area contributed by atoms with Gasteiger partial charge in [0, 0.05) is 0 Å². The van der Waals surface area contributed by atoms with Gasteiger partial charge in [0.2, 0.25) is 0 Å². The Morgan fingerprint density at radius 3 is 2.69 bits per heavy atom. The lowest BCUT2D eigenvalue weighted by Crippen LogP contribution is -2.40. The number of carboxylic acid groups (broad SMARTS) is 1. The van der Waals surface area contributed by atoms with E-state index in [-0.39, 0.29) is 5.56 Å². The Balaban J connectivity index is 3.04. The van der Waals surface area contributed by atoms with Crippen molar-refractivity contribution in [2.24, 2.45) is 5.73 Å². The van der Waals surface area contributed by atoms with Crippen LogP contribution >= 0.6 is 0 Å². The van der Waals surface area contributed by atoms with Crippen molar-refractivity contribution >= 4 is 5.97 Å². The van der Waals surface area contributed by atoms with Crippen LogP contribution in [-0.2, 0) is 4.79 Å². The molecule has 0 heterocycles. The van der Waals surface area contributed by atoms with Crippen molar-refractivity contribution in [1.29, 1.82) is 0 Å². The summed E-state index contributed by atoms with van der Waals surface area (Å²) in [6.07, 6.45) is 0. The summed E-state index contributed by atoms with van der Waals surface area (Å²) >= 11 is 0. The van der Waals surface area contributed by atoms with Crippen molar-refractivity contribution in [3.8, 4) is 5.75 Å². The molecule has 0 saturated heterocycles. The highest BCUT2D eigenvalue weighted by Crippen LogP contribution is 2.30. The average Bonchev–Trinajstić information content (AvgIpc) is 2.27. The molecule has 16 heavy (non-hydrogen) atoms. The molecule has 0 aromatic heterocycles. The normalized spacial score (nSPS) is 13.2. The highest BCUT2D eigenvalue weighted by Gasteiger charge is 2.46. The molecule has 6 heteroatoms. The molecular formula is C10H11F2NO3. The molecule has 1 aromatic carbocycles. The van der Waals surface area contributed by atoms with Crippen LogP contribution in [0, 0.1) is 0 Å². The summed E-state index contributed by atoms with van der Waals surface area (Å²) in [6, 6.07) is 3.72. The molecule has 0 amide bonds. The van der Waals surface area contributed by atoms with Gasteiger partial charge in [-0.1, -0.05) is 12.1 Å². The average molecular weight is 231 g/mol. The van der Waals surface area contributed by atoms with Crippen LogP contribution < -0.4 is 10.5 Å². The number of benzene rings is 1. The fraction of sp³-hybridized carbons (Fsp3) is 0.300. The maximum atomic E-state index is 13.1. The minimum Gasteiger partial charge on any atom is -0.497 e. The molecule has 1 atom stereocenters. The van der Waals surface area contributed by atoms with Crippen LogP contribution in [0.5, 0.6) is 5.75 Å². The molecule has 0 aliphatic carbocycles. The molecule has 0 aliphatic heterocycles. The van der Waals surface area contributed by atoms with Crippen molar-refractivity contribution in [3.63, 3.8) is 0 Å². The molecule has 3 N–H and O–H groups in total. The first-order chi connectivity index (χ1) is 7.39. The van der Waals surface area contributed by atoms with Gasteiger partial charge in [-0.3, -0.25) is 0 Å². The lowest BCUT2D eigenvalue weighted by Gasteiger charge is -2.19. The Morgan fingerprint density at radius 2 is 2.19 bits per heavy atom. The maximum Gasteiger partial charge on any atom is 0.376 e. The van der Waals surface area contributed by atoms with Gasteiger partial charge < -0.3 is 15.6 Å². The number of carbonyl (C=O) groups is 1. The van der Waals surface area contributed by atoms with Gasteiger partial charge in [-0.25, -0.2) is 4.79 Å².